The number of ether oxygens (including phenoxy) is 1. The summed E-state index contributed by atoms with van der Waals surface area (Å²) in [6.45, 7) is 1.99. The fourth-order valence-electron chi connectivity index (χ4n) is 4.35. The number of hydrogen-bond donors (Lipinski definition) is 1. The zero-order valence-corrected chi connectivity index (χ0v) is 18.4. The van der Waals surface area contributed by atoms with Gasteiger partial charge in [-0.2, -0.15) is 0 Å². The number of para-hydroxylation sites is 1. The summed E-state index contributed by atoms with van der Waals surface area (Å²) >= 11 is 0. The van der Waals surface area contributed by atoms with Crippen LogP contribution < -0.4 is 5.56 Å². The third-order valence-electron chi connectivity index (χ3n) is 6.03. The molecule has 1 aromatic heterocycles. The van der Waals surface area contributed by atoms with Crippen LogP contribution in [0.3, 0.4) is 0 Å². The number of benzene rings is 1. The molecule has 10 heteroatoms. The van der Waals surface area contributed by atoms with E-state index in [0.29, 0.717) is 55.8 Å². The maximum absolute atomic E-state index is 13.4. The number of aromatic nitrogens is 2. The maximum Gasteiger partial charge on any atom is 0.258 e. The number of carbonyl (C=O) groups is 1. The highest BCUT2D eigenvalue weighted by Crippen LogP contribution is 2.23. The van der Waals surface area contributed by atoms with Crippen molar-refractivity contribution in [2.45, 2.75) is 38.3 Å². The van der Waals surface area contributed by atoms with E-state index >= 15 is 0 Å². The van der Waals surface area contributed by atoms with E-state index < -0.39 is 10.0 Å². The van der Waals surface area contributed by atoms with Crippen LogP contribution in [0.15, 0.2) is 29.1 Å². The van der Waals surface area contributed by atoms with E-state index in [2.05, 4.69) is 9.97 Å². The Morgan fingerprint density at radius 1 is 1.26 bits per heavy atom. The molecule has 2 fully saturated rings. The highest BCUT2D eigenvalue weighted by molar-refractivity contribution is 7.88. The highest BCUT2D eigenvalue weighted by Gasteiger charge is 2.33. The highest BCUT2D eigenvalue weighted by atomic mass is 32.2. The molecule has 0 aliphatic carbocycles. The van der Waals surface area contributed by atoms with Crippen molar-refractivity contribution in [3.8, 4) is 0 Å². The Kier molecular flexibility index (Phi) is 6.40. The first kappa shape index (κ1) is 21.9. The maximum atomic E-state index is 13.4. The number of aromatic amines is 1. The predicted octanol–water partition coefficient (Wildman–Crippen LogP) is 1.10. The summed E-state index contributed by atoms with van der Waals surface area (Å²) in [5.74, 6) is 0.134. The van der Waals surface area contributed by atoms with Crippen LogP contribution in [0.2, 0.25) is 0 Å². The number of H-pyrrole nitrogens is 1. The largest absolute Gasteiger partial charge is 0.376 e. The summed E-state index contributed by atoms with van der Waals surface area (Å²) in [6, 6.07) is 7.11. The van der Waals surface area contributed by atoms with Crippen LogP contribution in [0.5, 0.6) is 0 Å². The Labute approximate surface area is 181 Å². The molecule has 0 radical (unpaired) electrons. The first-order valence-electron chi connectivity index (χ1n) is 10.6. The Morgan fingerprint density at radius 3 is 2.68 bits per heavy atom. The summed E-state index contributed by atoms with van der Waals surface area (Å²) in [5, 5.41) is 0.511. The third-order valence-corrected chi connectivity index (χ3v) is 7.34. The van der Waals surface area contributed by atoms with Gasteiger partial charge >= 0.3 is 0 Å². The lowest BCUT2D eigenvalue weighted by Crippen LogP contribution is -2.46. The van der Waals surface area contributed by atoms with Crippen molar-refractivity contribution >= 4 is 26.8 Å². The Balaban J connectivity index is 1.53. The van der Waals surface area contributed by atoms with E-state index in [1.807, 2.05) is 6.07 Å². The van der Waals surface area contributed by atoms with Crippen LogP contribution in [-0.2, 0) is 26.1 Å². The zero-order valence-electron chi connectivity index (χ0n) is 17.6. The molecule has 4 rings (SSSR count). The van der Waals surface area contributed by atoms with Gasteiger partial charge in [0.05, 0.1) is 29.8 Å². The minimum Gasteiger partial charge on any atom is -0.376 e. The molecule has 1 amide bonds. The monoisotopic (exact) mass is 448 g/mol. The normalized spacial score (nSPS) is 20.9. The minimum atomic E-state index is -3.25. The predicted molar refractivity (Wildman–Crippen MR) is 116 cm³/mol. The number of piperidine rings is 1. The molecule has 9 nitrogen and oxygen atoms in total. The van der Waals surface area contributed by atoms with Gasteiger partial charge in [0, 0.05) is 32.2 Å². The van der Waals surface area contributed by atoms with Gasteiger partial charge in [-0.1, -0.05) is 12.1 Å². The van der Waals surface area contributed by atoms with Crippen molar-refractivity contribution < 1.29 is 17.9 Å². The van der Waals surface area contributed by atoms with Gasteiger partial charge in [0.2, 0.25) is 15.9 Å². The average Bonchev–Trinajstić information content (AvgIpc) is 3.25. The zero-order chi connectivity index (χ0) is 22.0. The number of fused-ring (bicyclic) bond motifs is 1. The smallest absolute Gasteiger partial charge is 0.258 e. The van der Waals surface area contributed by atoms with Gasteiger partial charge in [-0.25, -0.2) is 17.7 Å². The molecular weight excluding hydrogens is 420 g/mol. The fraction of sp³-hybridized carbons (Fsp3) is 0.571. The first-order chi connectivity index (χ1) is 14.8. The van der Waals surface area contributed by atoms with Gasteiger partial charge in [0.15, 0.2) is 0 Å². The molecule has 2 aliphatic heterocycles. The number of nitrogens with one attached hydrogen (secondary N) is 1. The Hall–Kier alpha value is -2.30. The van der Waals surface area contributed by atoms with Crippen LogP contribution in [-0.4, -0.2) is 72.1 Å². The summed E-state index contributed by atoms with van der Waals surface area (Å²) < 4.78 is 30.7. The van der Waals surface area contributed by atoms with Gasteiger partial charge in [-0.05, 0) is 37.8 Å². The van der Waals surface area contributed by atoms with Gasteiger partial charge in [-0.3, -0.25) is 9.59 Å². The van der Waals surface area contributed by atoms with Crippen molar-refractivity contribution in [3.05, 3.63) is 40.4 Å². The lowest BCUT2D eigenvalue weighted by molar-refractivity contribution is -0.139. The summed E-state index contributed by atoms with van der Waals surface area (Å²) in [6.07, 6.45) is 3.97. The van der Waals surface area contributed by atoms with Crippen LogP contribution in [0.25, 0.3) is 10.9 Å². The molecule has 2 aliphatic rings. The molecule has 168 valence electrons. The average molecular weight is 449 g/mol. The molecular formula is C21H28N4O5S. The molecule has 1 atom stereocenters. The van der Waals surface area contributed by atoms with Gasteiger partial charge < -0.3 is 14.6 Å². The molecule has 31 heavy (non-hydrogen) atoms. The van der Waals surface area contributed by atoms with E-state index in [0.717, 1.165) is 12.8 Å². The molecule has 1 N–H and O–H groups in total. The quantitative estimate of drug-likeness (QED) is 0.708. The van der Waals surface area contributed by atoms with Gasteiger partial charge in [-0.15, -0.1) is 0 Å². The summed E-state index contributed by atoms with van der Waals surface area (Å²) in [5.41, 5.74) is 0.360. The number of carbonyl (C=O) groups excluding carboxylic acids is 1. The number of rotatable bonds is 6. The summed E-state index contributed by atoms with van der Waals surface area (Å²) in [4.78, 5) is 34.9. The fourth-order valence-corrected chi connectivity index (χ4v) is 5.22. The van der Waals surface area contributed by atoms with E-state index in [1.165, 1.54) is 10.6 Å². The third kappa shape index (κ3) is 5.13. The molecule has 0 bridgehead atoms. The second-order valence-electron chi connectivity index (χ2n) is 8.32. The number of hydrogen-bond acceptors (Lipinski definition) is 6. The van der Waals surface area contributed by atoms with Crippen LogP contribution >= 0.6 is 0 Å². The topological polar surface area (TPSA) is 113 Å². The first-order valence-corrected chi connectivity index (χ1v) is 12.5. The number of sulfonamides is 1. The standard InChI is InChI=1S/C21H28N4O5S/c1-31(28,29)25-10-8-15(9-11-25)21(27)24(13-16-5-4-12-30-16)14-19-22-18-7-3-2-6-17(18)20(26)23-19/h2-3,6-7,15-16H,4-5,8-14H2,1H3,(H,22,23,26)/t16-/m0/s1. The lowest BCUT2D eigenvalue weighted by Gasteiger charge is -2.33. The van der Waals surface area contributed by atoms with Gasteiger partial charge in [0.25, 0.3) is 5.56 Å². The molecule has 2 saturated heterocycles. The van der Waals surface area contributed by atoms with Crippen LogP contribution in [0, 0.1) is 5.92 Å². The van der Waals surface area contributed by atoms with Crippen molar-refractivity contribution in [2.75, 3.05) is 32.5 Å². The Bertz CT molecular complexity index is 1100. The van der Waals surface area contributed by atoms with Crippen molar-refractivity contribution in [3.63, 3.8) is 0 Å². The summed E-state index contributed by atoms with van der Waals surface area (Å²) in [7, 11) is -3.25. The lowest BCUT2D eigenvalue weighted by atomic mass is 9.96. The second-order valence-corrected chi connectivity index (χ2v) is 10.3. The van der Waals surface area contributed by atoms with Crippen molar-refractivity contribution in [2.24, 2.45) is 5.92 Å². The molecule has 2 aromatic rings. The van der Waals surface area contributed by atoms with Crippen molar-refractivity contribution in [1.29, 1.82) is 0 Å². The minimum absolute atomic E-state index is 0.0350. The Morgan fingerprint density at radius 2 is 2.00 bits per heavy atom. The van der Waals surface area contributed by atoms with E-state index in [1.54, 1.807) is 23.1 Å². The molecule has 1 aromatic carbocycles. The van der Waals surface area contributed by atoms with Crippen LogP contribution in [0.1, 0.15) is 31.5 Å². The number of amides is 1. The molecule has 0 saturated carbocycles. The van der Waals surface area contributed by atoms with E-state index in [4.69, 9.17) is 4.74 Å². The van der Waals surface area contributed by atoms with Gasteiger partial charge in [0.1, 0.15) is 5.82 Å². The van der Waals surface area contributed by atoms with E-state index in [9.17, 15) is 18.0 Å². The number of nitrogens with zero attached hydrogens (tertiary/aromatic N) is 3. The van der Waals surface area contributed by atoms with E-state index in [-0.39, 0.29) is 30.0 Å². The SMILES string of the molecule is CS(=O)(=O)N1CCC(C(=O)N(Cc2nc3ccccc3c(=O)[nH]2)C[C@@H]2CCCO2)CC1. The molecule has 0 spiro atoms. The second kappa shape index (κ2) is 9.05. The molecule has 0 unspecified atom stereocenters. The van der Waals surface area contributed by atoms with Crippen LogP contribution in [0.4, 0.5) is 0 Å². The van der Waals surface area contributed by atoms with Crippen molar-refractivity contribution in [1.82, 2.24) is 19.2 Å². The molecule has 3 heterocycles.